The summed E-state index contributed by atoms with van der Waals surface area (Å²) in [6, 6.07) is 0. The molecule has 3 heteroatoms. The van der Waals surface area contributed by atoms with Crippen molar-refractivity contribution < 1.29 is 4.74 Å². The summed E-state index contributed by atoms with van der Waals surface area (Å²) in [7, 11) is 1.94. The van der Waals surface area contributed by atoms with E-state index in [0.29, 0.717) is 18.8 Å². The highest BCUT2D eigenvalue weighted by molar-refractivity contribution is 4.74. The van der Waals surface area contributed by atoms with Crippen LogP contribution in [-0.4, -0.2) is 32.3 Å². The van der Waals surface area contributed by atoms with Crippen LogP contribution >= 0.6 is 0 Å². The highest BCUT2D eigenvalue weighted by Gasteiger charge is 2.22. The lowest BCUT2D eigenvalue weighted by Gasteiger charge is -2.10. The average Bonchev–Trinajstić information content (AvgIpc) is 2.37. The Hall–Kier alpha value is -0.120. The lowest BCUT2D eigenvalue weighted by Crippen LogP contribution is -2.26. The minimum absolute atomic E-state index is 0.318. The van der Waals surface area contributed by atoms with Crippen LogP contribution in [-0.2, 0) is 4.74 Å². The molecule has 0 aliphatic carbocycles. The molecular formula is C7H16N2O. The van der Waals surface area contributed by atoms with E-state index < -0.39 is 0 Å². The number of hydrogen-bond acceptors (Lipinski definition) is 3. The fraction of sp³-hybridized carbons (Fsp3) is 1.00. The van der Waals surface area contributed by atoms with Crippen LogP contribution in [0.4, 0.5) is 0 Å². The molecule has 0 bridgehead atoms. The molecule has 0 spiro atoms. The Kier molecular flexibility index (Phi) is 3.12. The van der Waals surface area contributed by atoms with E-state index in [9.17, 15) is 0 Å². The summed E-state index contributed by atoms with van der Waals surface area (Å²) in [6.07, 6.45) is 3.00. The van der Waals surface area contributed by atoms with Gasteiger partial charge in [-0.2, -0.15) is 0 Å². The first kappa shape index (κ1) is 7.98. The van der Waals surface area contributed by atoms with E-state index in [2.05, 4.69) is 5.32 Å². The number of rotatable bonds is 3. The van der Waals surface area contributed by atoms with E-state index in [1.54, 1.807) is 0 Å². The fourth-order valence-corrected chi connectivity index (χ4v) is 1.33. The van der Waals surface area contributed by atoms with Crippen LogP contribution in [0.2, 0.25) is 0 Å². The van der Waals surface area contributed by atoms with E-state index in [4.69, 9.17) is 10.5 Å². The summed E-state index contributed by atoms with van der Waals surface area (Å²) in [6.45, 7) is 1.62. The largest absolute Gasteiger partial charge is 0.372 e. The predicted molar refractivity (Wildman–Crippen MR) is 40.9 cm³/mol. The van der Waals surface area contributed by atoms with E-state index in [1.807, 2.05) is 7.05 Å². The minimum atomic E-state index is 0.318. The van der Waals surface area contributed by atoms with Crippen molar-refractivity contribution in [2.45, 2.75) is 25.0 Å². The normalized spacial score (nSPS) is 33.0. The Balaban J connectivity index is 2.15. The molecule has 1 aliphatic rings. The number of likely N-dealkylation sites (N-methyl/N-ethyl adjacent to an activating group) is 1. The second-order valence-electron chi connectivity index (χ2n) is 2.75. The van der Waals surface area contributed by atoms with Crippen molar-refractivity contribution >= 4 is 0 Å². The van der Waals surface area contributed by atoms with Crippen LogP contribution in [0.1, 0.15) is 12.8 Å². The van der Waals surface area contributed by atoms with Crippen LogP contribution < -0.4 is 11.1 Å². The lowest BCUT2D eigenvalue weighted by atomic mass is 10.2. The van der Waals surface area contributed by atoms with Gasteiger partial charge in [0.05, 0.1) is 12.2 Å². The van der Waals surface area contributed by atoms with Crippen molar-refractivity contribution in [1.82, 2.24) is 5.32 Å². The van der Waals surface area contributed by atoms with Crippen LogP contribution in [0.15, 0.2) is 0 Å². The molecular weight excluding hydrogens is 128 g/mol. The maximum absolute atomic E-state index is 5.56. The smallest absolute Gasteiger partial charge is 0.0704 e. The van der Waals surface area contributed by atoms with Crippen LogP contribution in [0.25, 0.3) is 0 Å². The molecule has 3 N–H and O–H groups in total. The maximum Gasteiger partial charge on any atom is 0.0704 e. The van der Waals surface area contributed by atoms with Gasteiger partial charge in [-0.3, -0.25) is 0 Å². The Labute approximate surface area is 61.9 Å². The highest BCUT2D eigenvalue weighted by Crippen LogP contribution is 2.17. The highest BCUT2D eigenvalue weighted by atomic mass is 16.5. The zero-order valence-corrected chi connectivity index (χ0v) is 6.47. The first-order chi connectivity index (χ1) is 4.86. The zero-order valence-electron chi connectivity index (χ0n) is 6.47. The van der Waals surface area contributed by atoms with Gasteiger partial charge in [-0.05, 0) is 19.9 Å². The Morgan fingerprint density at radius 2 is 2.20 bits per heavy atom. The molecule has 1 fully saturated rings. The molecule has 0 aromatic heterocycles. The summed E-state index contributed by atoms with van der Waals surface area (Å²) >= 11 is 0. The second kappa shape index (κ2) is 3.91. The molecule has 0 aromatic carbocycles. The van der Waals surface area contributed by atoms with Gasteiger partial charge in [0.25, 0.3) is 0 Å². The Morgan fingerprint density at radius 1 is 1.50 bits per heavy atom. The summed E-state index contributed by atoms with van der Waals surface area (Å²) in [5.74, 6) is 0. The molecule has 1 saturated heterocycles. The van der Waals surface area contributed by atoms with Gasteiger partial charge < -0.3 is 15.8 Å². The Morgan fingerprint density at radius 3 is 2.70 bits per heavy atom. The van der Waals surface area contributed by atoms with Gasteiger partial charge in [-0.15, -0.1) is 0 Å². The maximum atomic E-state index is 5.56. The zero-order chi connectivity index (χ0) is 7.40. The van der Waals surface area contributed by atoms with Gasteiger partial charge in [-0.1, -0.05) is 0 Å². The molecule has 2 atom stereocenters. The number of ether oxygens (including phenoxy) is 1. The van der Waals surface area contributed by atoms with Gasteiger partial charge in [-0.25, -0.2) is 0 Å². The van der Waals surface area contributed by atoms with Crippen molar-refractivity contribution in [1.29, 1.82) is 0 Å². The molecule has 1 heterocycles. The van der Waals surface area contributed by atoms with Crippen molar-refractivity contribution in [3.05, 3.63) is 0 Å². The first-order valence-corrected chi connectivity index (χ1v) is 3.87. The molecule has 2 unspecified atom stereocenters. The van der Waals surface area contributed by atoms with E-state index in [-0.39, 0.29) is 0 Å². The van der Waals surface area contributed by atoms with E-state index in [0.717, 1.165) is 19.4 Å². The predicted octanol–water partition coefficient (Wildman–Crippen LogP) is -0.288. The van der Waals surface area contributed by atoms with Gasteiger partial charge in [0.15, 0.2) is 0 Å². The van der Waals surface area contributed by atoms with Crippen LogP contribution in [0, 0.1) is 0 Å². The van der Waals surface area contributed by atoms with Crippen molar-refractivity contribution in [3.8, 4) is 0 Å². The van der Waals surface area contributed by atoms with Gasteiger partial charge in [0, 0.05) is 13.1 Å². The van der Waals surface area contributed by atoms with Gasteiger partial charge >= 0.3 is 0 Å². The molecule has 60 valence electrons. The van der Waals surface area contributed by atoms with Crippen LogP contribution in [0.5, 0.6) is 0 Å². The number of hydrogen-bond donors (Lipinski definition) is 2. The fourth-order valence-electron chi connectivity index (χ4n) is 1.33. The SMILES string of the molecule is CNCC1CCC(CN)O1. The molecule has 3 nitrogen and oxygen atoms in total. The Bertz CT molecular complexity index is 97.6. The number of nitrogens with two attached hydrogens (primary N) is 1. The molecule has 0 aromatic rings. The summed E-state index contributed by atoms with van der Waals surface area (Å²) in [5, 5.41) is 3.09. The molecule has 1 aliphatic heterocycles. The van der Waals surface area contributed by atoms with Crippen molar-refractivity contribution in [3.63, 3.8) is 0 Å². The molecule has 10 heavy (non-hydrogen) atoms. The average molecular weight is 144 g/mol. The quantitative estimate of drug-likeness (QED) is 0.572. The van der Waals surface area contributed by atoms with E-state index >= 15 is 0 Å². The first-order valence-electron chi connectivity index (χ1n) is 3.87. The minimum Gasteiger partial charge on any atom is -0.372 e. The molecule has 0 saturated carbocycles. The summed E-state index contributed by atoms with van der Waals surface area (Å²) in [4.78, 5) is 0. The third-order valence-electron chi connectivity index (χ3n) is 1.89. The monoisotopic (exact) mass is 144 g/mol. The summed E-state index contributed by atoms with van der Waals surface area (Å²) in [5.41, 5.74) is 5.45. The van der Waals surface area contributed by atoms with E-state index in [1.165, 1.54) is 0 Å². The summed E-state index contributed by atoms with van der Waals surface area (Å²) < 4.78 is 5.56. The molecule has 0 radical (unpaired) electrons. The van der Waals surface area contributed by atoms with Gasteiger partial charge in [0.1, 0.15) is 0 Å². The third kappa shape index (κ3) is 1.94. The molecule has 1 rings (SSSR count). The van der Waals surface area contributed by atoms with Crippen molar-refractivity contribution in [2.75, 3.05) is 20.1 Å². The van der Waals surface area contributed by atoms with Crippen LogP contribution in [0.3, 0.4) is 0 Å². The standard InChI is InChI=1S/C7H16N2O/c1-9-5-7-3-2-6(4-8)10-7/h6-7,9H,2-5,8H2,1H3. The molecule has 0 amide bonds. The third-order valence-corrected chi connectivity index (χ3v) is 1.89. The second-order valence-corrected chi connectivity index (χ2v) is 2.75. The topological polar surface area (TPSA) is 47.3 Å². The van der Waals surface area contributed by atoms with Crippen molar-refractivity contribution in [2.24, 2.45) is 5.73 Å². The lowest BCUT2D eigenvalue weighted by molar-refractivity contribution is 0.0516. The van der Waals surface area contributed by atoms with Gasteiger partial charge in [0.2, 0.25) is 0 Å². The number of nitrogens with one attached hydrogen (secondary N) is 1.